The number of esters is 1. The first kappa shape index (κ1) is 13.7. The fourth-order valence-corrected chi connectivity index (χ4v) is 1.78. The van der Waals surface area contributed by atoms with E-state index in [0.29, 0.717) is 12.5 Å². The summed E-state index contributed by atoms with van der Waals surface area (Å²) in [6.45, 7) is 4.53. The van der Waals surface area contributed by atoms with Crippen molar-refractivity contribution in [2.75, 3.05) is 7.05 Å². The van der Waals surface area contributed by atoms with Crippen LogP contribution < -0.4 is 5.32 Å². The van der Waals surface area contributed by atoms with Crippen molar-refractivity contribution in [3.8, 4) is 0 Å². The van der Waals surface area contributed by atoms with Crippen LogP contribution in [0.5, 0.6) is 0 Å². The topological polar surface area (TPSA) is 42.9 Å². The van der Waals surface area contributed by atoms with E-state index in [1.807, 2.05) is 42.7 Å². The lowest BCUT2D eigenvalue weighted by atomic mass is 10.00. The van der Waals surface area contributed by atoms with Gasteiger partial charge in [-0.3, -0.25) is 0 Å². The molecule has 0 aliphatic heterocycles. The average molecular weight is 236 g/mol. The minimum absolute atomic E-state index is 0.0938. The molecule has 3 nitrogen and oxygen atoms in total. The van der Waals surface area contributed by atoms with Gasteiger partial charge in [0.15, 0.2) is 6.04 Å². The summed E-state index contributed by atoms with van der Waals surface area (Å²) in [5.41, 5.74) is 1.03. The Morgan fingerprint density at radius 3 is 2.53 bits per heavy atom. The Morgan fingerprint density at radius 2 is 2.00 bits per heavy atom. The monoisotopic (exact) mass is 236 g/mol. The second kappa shape index (κ2) is 7.07. The van der Waals surface area contributed by atoms with Gasteiger partial charge in [0.1, 0.15) is 6.61 Å². The number of ether oxygens (including phenoxy) is 1. The first-order chi connectivity index (χ1) is 8.19. The summed E-state index contributed by atoms with van der Waals surface area (Å²) >= 11 is 0. The van der Waals surface area contributed by atoms with Crippen molar-refractivity contribution in [2.24, 2.45) is 5.92 Å². The highest BCUT2D eigenvalue weighted by atomic mass is 16.5. The Balaban J connectivity index is 2.48. The summed E-state index contributed by atoms with van der Waals surface area (Å²) < 4.78 is 5.33. The van der Waals surface area contributed by atoms with Crippen molar-refractivity contribution < 1.29 is 14.8 Å². The summed E-state index contributed by atoms with van der Waals surface area (Å²) in [7, 11) is 1.92. The van der Waals surface area contributed by atoms with E-state index in [1.165, 1.54) is 0 Å². The van der Waals surface area contributed by atoms with Gasteiger partial charge < -0.3 is 10.1 Å². The zero-order valence-electron chi connectivity index (χ0n) is 10.8. The number of nitrogens with two attached hydrogens (primary N) is 1. The Hall–Kier alpha value is -1.35. The zero-order chi connectivity index (χ0) is 12.7. The molecule has 0 aliphatic carbocycles. The van der Waals surface area contributed by atoms with E-state index in [9.17, 15) is 4.79 Å². The molecule has 1 rings (SSSR count). The van der Waals surface area contributed by atoms with E-state index < -0.39 is 0 Å². The molecular formula is C14H22NO2+. The van der Waals surface area contributed by atoms with E-state index >= 15 is 0 Å². The standard InChI is InChI=1S/C14H21NO2/c1-4-11(2)13(15-3)14(16)17-10-12-8-6-5-7-9-12/h5-9,11,13,15H,4,10H2,1-3H3/p+1/t11?,13-/m0/s1. The third-order valence-electron chi connectivity index (χ3n) is 3.11. The van der Waals surface area contributed by atoms with E-state index in [2.05, 4.69) is 13.8 Å². The quantitative estimate of drug-likeness (QED) is 0.757. The molecule has 0 fully saturated rings. The van der Waals surface area contributed by atoms with Crippen molar-refractivity contribution in [3.63, 3.8) is 0 Å². The first-order valence-electron chi connectivity index (χ1n) is 6.19. The SMILES string of the molecule is CCC(C)[C@H]([NH2+]C)C(=O)OCc1ccccc1. The Morgan fingerprint density at radius 1 is 1.35 bits per heavy atom. The second-order valence-electron chi connectivity index (χ2n) is 4.34. The van der Waals surface area contributed by atoms with Gasteiger partial charge in [0.25, 0.3) is 0 Å². The number of carbonyl (C=O) groups excluding carboxylic acids is 1. The molecule has 0 radical (unpaired) electrons. The zero-order valence-corrected chi connectivity index (χ0v) is 10.8. The maximum Gasteiger partial charge on any atom is 0.365 e. The molecule has 2 N–H and O–H groups in total. The lowest BCUT2D eigenvalue weighted by Crippen LogP contribution is -2.90. The molecule has 0 bridgehead atoms. The van der Waals surface area contributed by atoms with Crippen LogP contribution in [0.4, 0.5) is 0 Å². The number of carbonyl (C=O) groups is 1. The molecule has 1 aromatic rings. The molecule has 0 saturated heterocycles. The molecular weight excluding hydrogens is 214 g/mol. The minimum Gasteiger partial charge on any atom is -0.456 e. The smallest absolute Gasteiger partial charge is 0.365 e. The molecule has 94 valence electrons. The predicted molar refractivity (Wildman–Crippen MR) is 67.3 cm³/mol. The van der Waals surface area contributed by atoms with Crippen LogP contribution in [0.15, 0.2) is 30.3 Å². The largest absolute Gasteiger partial charge is 0.456 e. The van der Waals surface area contributed by atoms with Crippen LogP contribution in [-0.2, 0) is 16.1 Å². The van der Waals surface area contributed by atoms with Crippen LogP contribution in [0.3, 0.4) is 0 Å². The van der Waals surface area contributed by atoms with Crippen LogP contribution >= 0.6 is 0 Å². The van der Waals surface area contributed by atoms with Gasteiger partial charge in [-0.25, -0.2) is 4.79 Å². The number of likely N-dealkylation sites (N-methyl/N-ethyl adjacent to an activating group) is 1. The molecule has 0 amide bonds. The van der Waals surface area contributed by atoms with Gasteiger partial charge >= 0.3 is 5.97 Å². The maximum absolute atomic E-state index is 11.9. The number of hydrogen-bond acceptors (Lipinski definition) is 2. The van der Waals surface area contributed by atoms with Crippen molar-refractivity contribution in [1.29, 1.82) is 0 Å². The molecule has 0 spiro atoms. The third-order valence-corrected chi connectivity index (χ3v) is 3.11. The molecule has 1 aromatic carbocycles. The second-order valence-corrected chi connectivity index (χ2v) is 4.34. The summed E-state index contributed by atoms with van der Waals surface area (Å²) in [5.74, 6) is 0.217. The third kappa shape index (κ3) is 4.19. The van der Waals surface area contributed by atoms with Gasteiger partial charge in [-0.2, -0.15) is 0 Å². The van der Waals surface area contributed by atoms with Gasteiger partial charge in [0, 0.05) is 5.92 Å². The van der Waals surface area contributed by atoms with E-state index in [1.54, 1.807) is 0 Å². The van der Waals surface area contributed by atoms with Crippen LogP contribution in [0.1, 0.15) is 25.8 Å². The van der Waals surface area contributed by atoms with Crippen LogP contribution in [0, 0.1) is 5.92 Å². The van der Waals surface area contributed by atoms with Gasteiger partial charge in [-0.05, 0) is 12.0 Å². The van der Waals surface area contributed by atoms with Gasteiger partial charge in [0.05, 0.1) is 7.05 Å². The van der Waals surface area contributed by atoms with Crippen LogP contribution in [-0.4, -0.2) is 19.1 Å². The van der Waals surface area contributed by atoms with E-state index in [0.717, 1.165) is 12.0 Å². The highest BCUT2D eigenvalue weighted by Gasteiger charge is 2.27. The predicted octanol–water partition coefficient (Wildman–Crippen LogP) is 1.34. The lowest BCUT2D eigenvalue weighted by molar-refractivity contribution is -0.658. The molecule has 0 heterocycles. The summed E-state index contributed by atoms with van der Waals surface area (Å²) in [5, 5.41) is 1.93. The normalized spacial score (nSPS) is 14.1. The molecule has 3 heteroatoms. The van der Waals surface area contributed by atoms with Gasteiger partial charge in [-0.15, -0.1) is 0 Å². The summed E-state index contributed by atoms with van der Waals surface area (Å²) in [6.07, 6.45) is 0.982. The van der Waals surface area contributed by atoms with Crippen molar-refractivity contribution >= 4 is 5.97 Å². The number of hydrogen-bond donors (Lipinski definition) is 1. The molecule has 1 unspecified atom stereocenters. The Bertz CT molecular complexity index is 337. The number of rotatable bonds is 6. The fourth-order valence-electron chi connectivity index (χ4n) is 1.78. The van der Waals surface area contributed by atoms with Gasteiger partial charge in [-0.1, -0.05) is 44.2 Å². The molecule has 0 saturated carbocycles. The van der Waals surface area contributed by atoms with Crippen molar-refractivity contribution in [1.82, 2.24) is 0 Å². The summed E-state index contributed by atoms with van der Waals surface area (Å²) in [6, 6.07) is 9.67. The van der Waals surface area contributed by atoms with Crippen molar-refractivity contribution in [2.45, 2.75) is 32.9 Å². The molecule has 0 aromatic heterocycles. The van der Waals surface area contributed by atoms with Crippen molar-refractivity contribution in [3.05, 3.63) is 35.9 Å². The highest BCUT2D eigenvalue weighted by molar-refractivity contribution is 5.74. The van der Waals surface area contributed by atoms with E-state index in [4.69, 9.17) is 4.74 Å². The fraction of sp³-hybridized carbons (Fsp3) is 0.500. The Labute approximate surface area is 103 Å². The lowest BCUT2D eigenvalue weighted by Gasteiger charge is -2.17. The molecule has 17 heavy (non-hydrogen) atoms. The van der Waals surface area contributed by atoms with Crippen LogP contribution in [0.2, 0.25) is 0 Å². The number of quaternary nitrogens is 1. The molecule has 2 atom stereocenters. The average Bonchev–Trinajstić information content (AvgIpc) is 2.38. The number of benzene rings is 1. The maximum atomic E-state index is 11.9. The van der Waals surface area contributed by atoms with E-state index in [-0.39, 0.29) is 12.0 Å². The molecule has 0 aliphatic rings. The summed E-state index contributed by atoms with van der Waals surface area (Å²) in [4.78, 5) is 11.9. The van der Waals surface area contributed by atoms with Gasteiger partial charge in [0.2, 0.25) is 0 Å². The highest BCUT2D eigenvalue weighted by Crippen LogP contribution is 2.07. The first-order valence-corrected chi connectivity index (χ1v) is 6.19. The minimum atomic E-state index is -0.120. The Kier molecular flexibility index (Phi) is 5.70. The van der Waals surface area contributed by atoms with Crippen LogP contribution in [0.25, 0.3) is 0 Å².